The molecule has 0 spiro atoms. The van der Waals surface area contributed by atoms with E-state index in [1.807, 2.05) is 54.6 Å². The molecule has 1 fully saturated rings. The minimum Gasteiger partial charge on any atom is -0.488 e. The van der Waals surface area contributed by atoms with Gasteiger partial charge in [0.15, 0.2) is 6.29 Å². The predicted molar refractivity (Wildman–Crippen MR) is 85.3 cm³/mol. The van der Waals surface area contributed by atoms with Crippen molar-refractivity contribution in [2.24, 2.45) is 5.10 Å². The summed E-state index contributed by atoms with van der Waals surface area (Å²) in [6.45, 7) is 1.65. The van der Waals surface area contributed by atoms with Crippen molar-refractivity contribution >= 4 is 11.9 Å². The molecule has 1 saturated heterocycles. The van der Waals surface area contributed by atoms with Gasteiger partial charge in [-0.3, -0.25) is 5.43 Å². The van der Waals surface area contributed by atoms with Crippen LogP contribution in [0.3, 0.4) is 0 Å². The highest BCUT2D eigenvalue weighted by Crippen LogP contribution is 2.14. The van der Waals surface area contributed by atoms with Crippen LogP contribution in [-0.4, -0.2) is 32.3 Å². The van der Waals surface area contributed by atoms with E-state index in [0.29, 0.717) is 19.8 Å². The van der Waals surface area contributed by atoms with E-state index in [9.17, 15) is 0 Å². The molecule has 1 heterocycles. The van der Waals surface area contributed by atoms with Crippen molar-refractivity contribution in [3.05, 3.63) is 60.2 Å². The third-order valence-electron chi connectivity index (χ3n) is 3.12. The standard InChI is InChI=1S/C17H18N2O3/c1-2-6-15(7-3-1)19-18-12-14-5-4-8-16(11-14)22-13-17-20-9-10-21-17/h1-8,11-12,17,19H,9-10,13H2. The molecule has 0 bridgehead atoms. The molecule has 1 aliphatic heterocycles. The quantitative estimate of drug-likeness (QED) is 0.658. The fourth-order valence-corrected chi connectivity index (χ4v) is 2.05. The SMILES string of the molecule is C(=NNc1ccccc1)c1cccc(OCC2OCCO2)c1. The number of nitrogens with one attached hydrogen (secondary N) is 1. The topological polar surface area (TPSA) is 52.1 Å². The Bertz CT molecular complexity index is 610. The number of hydrogen-bond acceptors (Lipinski definition) is 5. The predicted octanol–water partition coefficient (Wildman–Crippen LogP) is 2.88. The second kappa shape index (κ2) is 7.59. The van der Waals surface area contributed by atoms with E-state index in [4.69, 9.17) is 14.2 Å². The summed E-state index contributed by atoms with van der Waals surface area (Å²) in [6.07, 6.45) is 1.49. The first-order valence-corrected chi connectivity index (χ1v) is 7.20. The summed E-state index contributed by atoms with van der Waals surface area (Å²) in [6, 6.07) is 17.5. The fraction of sp³-hybridized carbons (Fsp3) is 0.235. The Hall–Kier alpha value is -2.37. The fourth-order valence-electron chi connectivity index (χ4n) is 2.05. The number of hydrazone groups is 1. The molecule has 5 nitrogen and oxygen atoms in total. The summed E-state index contributed by atoms with van der Waals surface area (Å²) in [7, 11) is 0. The number of hydrogen-bond donors (Lipinski definition) is 1. The van der Waals surface area contributed by atoms with Gasteiger partial charge in [-0.1, -0.05) is 30.3 Å². The highest BCUT2D eigenvalue weighted by molar-refractivity contribution is 5.80. The Kier molecular flexibility index (Phi) is 5.02. The van der Waals surface area contributed by atoms with Crippen LogP contribution < -0.4 is 10.2 Å². The first kappa shape index (κ1) is 14.6. The highest BCUT2D eigenvalue weighted by atomic mass is 16.7. The van der Waals surface area contributed by atoms with Crippen LogP contribution >= 0.6 is 0 Å². The molecular weight excluding hydrogens is 280 g/mol. The number of benzene rings is 2. The van der Waals surface area contributed by atoms with E-state index in [1.54, 1.807) is 6.21 Å². The van der Waals surface area contributed by atoms with Crippen molar-refractivity contribution in [3.63, 3.8) is 0 Å². The van der Waals surface area contributed by atoms with Gasteiger partial charge < -0.3 is 14.2 Å². The number of nitrogens with zero attached hydrogens (tertiary/aromatic N) is 1. The number of anilines is 1. The molecule has 3 rings (SSSR count). The largest absolute Gasteiger partial charge is 0.488 e. The van der Waals surface area contributed by atoms with Crippen LogP contribution in [0.2, 0.25) is 0 Å². The van der Waals surface area contributed by atoms with E-state index < -0.39 is 0 Å². The lowest BCUT2D eigenvalue weighted by molar-refractivity contribution is -0.0684. The lowest BCUT2D eigenvalue weighted by Crippen LogP contribution is -2.18. The van der Waals surface area contributed by atoms with Gasteiger partial charge in [-0.2, -0.15) is 5.10 Å². The number of ether oxygens (including phenoxy) is 3. The van der Waals surface area contributed by atoms with Crippen LogP contribution in [0.5, 0.6) is 5.75 Å². The van der Waals surface area contributed by atoms with Gasteiger partial charge in [0, 0.05) is 0 Å². The maximum Gasteiger partial charge on any atom is 0.191 e. The van der Waals surface area contributed by atoms with Crippen LogP contribution in [-0.2, 0) is 9.47 Å². The molecule has 0 radical (unpaired) electrons. The van der Waals surface area contributed by atoms with Gasteiger partial charge in [0.05, 0.1) is 25.1 Å². The normalized spacial score (nSPS) is 15.3. The third kappa shape index (κ3) is 4.31. The van der Waals surface area contributed by atoms with Gasteiger partial charge in [-0.05, 0) is 29.8 Å². The third-order valence-corrected chi connectivity index (χ3v) is 3.12. The Labute approximate surface area is 129 Å². The lowest BCUT2D eigenvalue weighted by atomic mass is 10.2. The van der Waals surface area contributed by atoms with Crippen molar-refractivity contribution in [2.45, 2.75) is 6.29 Å². The van der Waals surface area contributed by atoms with Crippen molar-refractivity contribution in [1.29, 1.82) is 0 Å². The monoisotopic (exact) mass is 298 g/mol. The van der Waals surface area contributed by atoms with Crippen LogP contribution in [0.15, 0.2) is 59.7 Å². The molecule has 0 unspecified atom stereocenters. The molecule has 2 aromatic carbocycles. The molecule has 1 aliphatic rings. The molecule has 0 saturated carbocycles. The summed E-state index contributed by atoms with van der Waals surface area (Å²) in [5.41, 5.74) is 4.88. The number of para-hydroxylation sites is 1. The van der Waals surface area contributed by atoms with Gasteiger partial charge in [-0.25, -0.2) is 0 Å². The van der Waals surface area contributed by atoms with E-state index >= 15 is 0 Å². The van der Waals surface area contributed by atoms with Crippen LogP contribution in [0.4, 0.5) is 5.69 Å². The van der Waals surface area contributed by atoms with E-state index in [0.717, 1.165) is 17.0 Å². The first-order valence-electron chi connectivity index (χ1n) is 7.20. The minimum absolute atomic E-state index is 0.267. The van der Waals surface area contributed by atoms with Gasteiger partial charge in [0.25, 0.3) is 0 Å². The van der Waals surface area contributed by atoms with E-state index in [1.165, 1.54) is 0 Å². The van der Waals surface area contributed by atoms with Gasteiger partial charge >= 0.3 is 0 Å². The second-order valence-corrected chi connectivity index (χ2v) is 4.79. The summed E-state index contributed by atoms with van der Waals surface area (Å²) < 4.78 is 16.3. The average molecular weight is 298 g/mol. The highest BCUT2D eigenvalue weighted by Gasteiger charge is 2.16. The van der Waals surface area contributed by atoms with Crippen LogP contribution in [0.1, 0.15) is 5.56 Å². The molecule has 5 heteroatoms. The van der Waals surface area contributed by atoms with Crippen LogP contribution in [0.25, 0.3) is 0 Å². The molecule has 0 aliphatic carbocycles. The van der Waals surface area contributed by atoms with Crippen molar-refractivity contribution in [2.75, 3.05) is 25.2 Å². The molecule has 1 N–H and O–H groups in total. The Morgan fingerprint density at radius 2 is 1.91 bits per heavy atom. The zero-order chi connectivity index (χ0) is 15.0. The molecule has 22 heavy (non-hydrogen) atoms. The Morgan fingerprint density at radius 3 is 2.73 bits per heavy atom. The van der Waals surface area contributed by atoms with Gasteiger partial charge in [0.2, 0.25) is 0 Å². The van der Waals surface area contributed by atoms with Crippen molar-refractivity contribution in [3.8, 4) is 5.75 Å². The Morgan fingerprint density at radius 1 is 1.09 bits per heavy atom. The molecule has 0 atom stereocenters. The van der Waals surface area contributed by atoms with E-state index in [2.05, 4.69) is 10.5 Å². The van der Waals surface area contributed by atoms with Crippen LogP contribution in [0, 0.1) is 0 Å². The zero-order valence-corrected chi connectivity index (χ0v) is 12.1. The smallest absolute Gasteiger partial charge is 0.191 e. The molecule has 0 aromatic heterocycles. The summed E-state index contributed by atoms with van der Waals surface area (Å²) >= 11 is 0. The number of rotatable bonds is 6. The maximum atomic E-state index is 5.66. The second-order valence-electron chi connectivity index (χ2n) is 4.79. The summed E-state index contributed by atoms with van der Waals surface area (Å²) in [5, 5.41) is 4.21. The minimum atomic E-state index is -0.267. The van der Waals surface area contributed by atoms with Crippen molar-refractivity contribution in [1.82, 2.24) is 0 Å². The summed E-state index contributed by atoms with van der Waals surface area (Å²) in [4.78, 5) is 0. The van der Waals surface area contributed by atoms with E-state index in [-0.39, 0.29) is 6.29 Å². The zero-order valence-electron chi connectivity index (χ0n) is 12.1. The molecule has 114 valence electrons. The lowest BCUT2D eigenvalue weighted by Gasteiger charge is -2.11. The van der Waals surface area contributed by atoms with Crippen molar-refractivity contribution < 1.29 is 14.2 Å². The first-order chi connectivity index (χ1) is 10.9. The average Bonchev–Trinajstić information content (AvgIpc) is 3.08. The molecular formula is C17H18N2O3. The molecule has 0 amide bonds. The maximum absolute atomic E-state index is 5.66. The molecule has 2 aromatic rings. The summed E-state index contributed by atoms with van der Waals surface area (Å²) in [5.74, 6) is 0.766. The Balaban J connectivity index is 1.54. The van der Waals surface area contributed by atoms with Gasteiger partial charge in [0.1, 0.15) is 12.4 Å². The van der Waals surface area contributed by atoms with Gasteiger partial charge in [-0.15, -0.1) is 0 Å².